The topological polar surface area (TPSA) is 78.0 Å². The van der Waals surface area contributed by atoms with E-state index in [0.717, 1.165) is 6.42 Å². The Morgan fingerprint density at radius 3 is 2.36 bits per heavy atom. The zero-order valence-corrected chi connectivity index (χ0v) is 15.3. The number of sulfonamides is 1. The van der Waals surface area contributed by atoms with Crippen LogP contribution in [0.3, 0.4) is 0 Å². The van der Waals surface area contributed by atoms with E-state index >= 15 is 0 Å². The second kappa shape index (κ2) is 7.31. The Hall–Kier alpha value is -1.64. The molecule has 0 radical (unpaired) electrons. The van der Waals surface area contributed by atoms with Crippen molar-refractivity contribution in [3.63, 3.8) is 0 Å². The number of benzene rings is 1. The summed E-state index contributed by atoms with van der Waals surface area (Å²) in [6, 6.07) is 6.33. The molecule has 0 N–H and O–H groups in total. The van der Waals surface area contributed by atoms with Crippen LogP contribution < -0.4 is 0 Å². The van der Waals surface area contributed by atoms with Gasteiger partial charge in [0, 0.05) is 39.1 Å². The number of hydrogen-bond acceptors (Lipinski definition) is 4. The summed E-state index contributed by atoms with van der Waals surface area (Å²) in [7, 11) is -3.67. The van der Waals surface area contributed by atoms with Crippen LogP contribution in [0.1, 0.15) is 12.8 Å². The van der Waals surface area contributed by atoms with Gasteiger partial charge in [-0.3, -0.25) is 9.59 Å². The molecule has 1 aromatic carbocycles. The van der Waals surface area contributed by atoms with Crippen LogP contribution in [0.2, 0.25) is 5.02 Å². The Morgan fingerprint density at radius 2 is 1.76 bits per heavy atom. The third-order valence-corrected chi connectivity index (χ3v) is 6.94. The Kier molecular flexibility index (Phi) is 5.31. The zero-order valence-electron chi connectivity index (χ0n) is 13.7. The third-order valence-electron chi connectivity index (χ3n) is 4.54. The summed E-state index contributed by atoms with van der Waals surface area (Å²) in [6.45, 7) is 1.75. The predicted molar refractivity (Wildman–Crippen MR) is 92.6 cm³/mol. The normalized spacial score (nSPS) is 19.5. The van der Waals surface area contributed by atoms with Gasteiger partial charge in [0.15, 0.2) is 0 Å². The number of piperazine rings is 1. The molecule has 25 heavy (non-hydrogen) atoms. The van der Waals surface area contributed by atoms with Crippen molar-refractivity contribution in [1.82, 2.24) is 14.1 Å². The van der Waals surface area contributed by atoms with Gasteiger partial charge in [0.05, 0.1) is 11.6 Å². The molecule has 2 fully saturated rings. The number of likely N-dealkylation sites (tertiary alicyclic amines) is 1. The monoisotopic (exact) mass is 385 g/mol. The minimum Gasteiger partial charge on any atom is -0.339 e. The van der Waals surface area contributed by atoms with E-state index in [1.165, 1.54) is 10.4 Å². The van der Waals surface area contributed by atoms with Crippen molar-refractivity contribution < 1.29 is 18.0 Å². The van der Waals surface area contributed by atoms with Crippen LogP contribution in [0.5, 0.6) is 0 Å². The van der Waals surface area contributed by atoms with Gasteiger partial charge in [0.25, 0.3) is 0 Å². The van der Waals surface area contributed by atoms with Gasteiger partial charge in [-0.1, -0.05) is 23.7 Å². The fourth-order valence-corrected chi connectivity index (χ4v) is 5.02. The van der Waals surface area contributed by atoms with Crippen molar-refractivity contribution in [2.75, 3.05) is 39.3 Å². The molecule has 2 aliphatic heterocycles. The largest absolute Gasteiger partial charge is 0.339 e. The highest BCUT2D eigenvalue weighted by Crippen LogP contribution is 2.25. The molecule has 2 amide bonds. The highest BCUT2D eigenvalue weighted by atomic mass is 35.5. The Bertz CT molecular complexity index is 775. The van der Waals surface area contributed by atoms with Crippen molar-refractivity contribution in [2.24, 2.45) is 0 Å². The van der Waals surface area contributed by atoms with Gasteiger partial charge in [0.2, 0.25) is 21.8 Å². The van der Waals surface area contributed by atoms with Crippen LogP contribution in [0.15, 0.2) is 29.2 Å². The number of nitrogens with zero attached hydrogens (tertiary/aromatic N) is 3. The van der Waals surface area contributed by atoms with Gasteiger partial charge in [0.1, 0.15) is 4.90 Å². The fraction of sp³-hybridized carbons (Fsp3) is 0.500. The number of carbonyl (C=O) groups is 2. The molecule has 2 saturated heterocycles. The first kappa shape index (κ1) is 18.2. The lowest BCUT2D eigenvalue weighted by molar-refractivity contribution is -0.139. The maximum Gasteiger partial charge on any atom is 0.244 e. The lowest BCUT2D eigenvalue weighted by Crippen LogP contribution is -2.52. The van der Waals surface area contributed by atoms with Crippen LogP contribution in [0.25, 0.3) is 0 Å². The molecule has 2 aliphatic rings. The smallest absolute Gasteiger partial charge is 0.244 e. The van der Waals surface area contributed by atoms with Gasteiger partial charge in [-0.05, 0) is 18.6 Å². The highest BCUT2D eigenvalue weighted by molar-refractivity contribution is 7.89. The van der Waals surface area contributed by atoms with Gasteiger partial charge in [-0.2, -0.15) is 4.31 Å². The van der Waals surface area contributed by atoms with Crippen LogP contribution >= 0.6 is 11.6 Å². The van der Waals surface area contributed by atoms with Gasteiger partial charge in [-0.25, -0.2) is 8.42 Å². The number of carbonyl (C=O) groups excluding carboxylic acids is 2. The summed E-state index contributed by atoms with van der Waals surface area (Å²) < 4.78 is 26.7. The molecular weight excluding hydrogens is 366 g/mol. The van der Waals surface area contributed by atoms with Crippen LogP contribution in [0, 0.1) is 0 Å². The number of hydrogen-bond donors (Lipinski definition) is 0. The van der Waals surface area contributed by atoms with E-state index in [1.807, 2.05) is 0 Å². The van der Waals surface area contributed by atoms with Crippen molar-refractivity contribution >= 4 is 33.4 Å². The first-order valence-electron chi connectivity index (χ1n) is 8.20. The molecule has 2 heterocycles. The summed E-state index contributed by atoms with van der Waals surface area (Å²) in [5.41, 5.74) is 0. The lowest BCUT2D eigenvalue weighted by Gasteiger charge is -2.34. The Morgan fingerprint density at radius 1 is 1.08 bits per heavy atom. The molecule has 9 heteroatoms. The predicted octanol–water partition coefficient (Wildman–Crippen LogP) is 0.795. The maximum absolute atomic E-state index is 12.7. The van der Waals surface area contributed by atoms with Crippen molar-refractivity contribution in [1.29, 1.82) is 0 Å². The minimum absolute atomic E-state index is 0.00767. The highest BCUT2D eigenvalue weighted by Gasteiger charge is 2.32. The van der Waals surface area contributed by atoms with E-state index in [4.69, 9.17) is 11.6 Å². The molecule has 0 bridgehead atoms. The summed E-state index contributed by atoms with van der Waals surface area (Å²) in [6.07, 6.45) is 1.28. The van der Waals surface area contributed by atoms with Crippen molar-refractivity contribution in [3.8, 4) is 0 Å². The molecule has 0 aliphatic carbocycles. The molecular formula is C16H20ClN3O4S. The van der Waals surface area contributed by atoms with Crippen molar-refractivity contribution in [2.45, 2.75) is 17.7 Å². The van der Waals surface area contributed by atoms with Gasteiger partial charge >= 0.3 is 0 Å². The second-order valence-electron chi connectivity index (χ2n) is 6.13. The maximum atomic E-state index is 12.7. The molecule has 0 saturated carbocycles. The first-order chi connectivity index (χ1) is 11.9. The molecule has 3 rings (SSSR count). The van der Waals surface area contributed by atoms with Crippen LogP contribution in [-0.2, 0) is 19.6 Å². The van der Waals surface area contributed by atoms with E-state index < -0.39 is 10.0 Å². The summed E-state index contributed by atoms with van der Waals surface area (Å²) >= 11 is 6.01. The van der Waals surface area contributed by atoms with Crippen LogP contribution in [-0.4, -0.2) is 73.6 Å². The summed E-state index contributed by atoms with van der Waals surface area (Å²) in [4.78, 5) is 27.2. The molecule has 0 unspecified atom stereocenters. The molecule has 0 spiro atoms. The minimum atomic E-state index is -3.67. The number of halogens is 1. The quantitative estimate of drug-likeness (QED) is 0.767. The molecule has 0 aromatic heterocycles. The summed E-state index contributed by atoms with van der Waals surface area (Å²) in [5.74, 6) is -0.127. The lowest BCUT2D eigenvalue weighted by atomic mass is 10.3. The first-order valence-corrected chi connectivity index (χ1v) is 10.0. The Labute approximate surface area is 152 Å². The zero-order chi connectivity index (χ0) is 18.0. The molecule has 1 aromatic rings. The SMILES string of the molecule is O=C(CN1CCCC1=O)N1CCN(S(=O)(=O)c2ccccc2Cl)CC1. The van der Waals surface area contributed by atoms with E-state index in [0.29, 0.717) is 26.1 Å². The van der Waals surface area contributed by atoms with E-state index in [-0.39, 0.29) is 41.4 Å². The fourth-order valence-electron chi connectivity index (χ4n) is 3.11. The van der Waals surface area contributed by atoms with Crippen molar-refractivity contribution in [3.05, 3.63) is 29.3 Å². The third kappa shape index (κ3) is 3.80. The van der Waals surface area contributed by atoms with E-state index in [1.54, 1.807) is 28.0 Å². The number of rotatable bonds is 4. The van der Waals surface area contributed by atoms with Crippen LogP contribution in [0.4, 0.5) is 0 Å². The average Bonchev–Trinajstić information content (AvgIpc) is 3.00. The average molecular weight is 386 g/mol. The molecule has 0 atom stereocenters. The summed E-state index contributed by atoms with van der Waals surface area (Å²) in [5, 5.41) is 0.188. The standard InChI is InChI=1S/C16H20ClN3O4S/c17-13-4-1-2-5-14(13)25(23,24)20-10-8-18(9-11-20)16(22)12-19-7-3-6-15(19)21/h1-2,4-5H,3,6-12H2. The molecule has 7 nitrogen and oxygen atoms in total. The molecule has 136 valence electrons. The second-order valence-corrected chi connectivity index (χ2v) is 8.45. The van der Waals surface area contributed by atoms with Gasteiger partial charge < -0.3 is 9.80 Å². The Balaban J connectivity index is 1.61. The van der Waals surface area contributed by atoms with Gasteiger partial charge in [-0.15, -0.1) is 0 Å². The van der Waals surface area contributed by atoms with E-state index in [2.05, 4.69) is 0 Å². The van der Waals surface area contributed by atoms with E-state index in [9.17, 15) is 18.0 Å². The number of amides is 2.